The molecule has 0 fully saturated rings. The van der Waals surface area contributed by atoms with Crippen LogP contribution in [0.15, 0.2) is 35.5 Å². The maximum absolute atomic E-state index is 13.2. The highest BCUT2D eigenvalue weighted by atomic mass is 35.5. The smallest absolute Gasteiger partial charge is 0.322 e. The van der Waals surface area contributed by atoms with Crippen LogP contribution in [-0.4, -0.2) is 67.5 Å². The first kappa shape index (κ1) is 21.1. The number of benzene rings is 1. The quantitative estimate of drug-likeness (QED) is 0.626. The number of ether oxygens (including phenoxy) is 1. The molecule has 0 aliphatic carbocycles. The summed E-state index contributed by atoms with van der Waals surface area (Å²) in [5, 5.41) is 6.13. The van der Waals surface area contributed by atoms with Gasteiger partial charge in [-0.1, -0.05) is 29.8 Å². The number of amides is 4. The predicted molar refractivity (Wildman–Crippen MR) is 108 cm³/mol. The summed E-state index contributed by atoms with van der Waals surface area (Å²) in [4.78, 5) is 41.0. The van der Waals surface area contributed by atoms with Gasteiger partial charge in [0.15, 0.2) is 0 Å². The van der Waals surface area contributed by atoms with Crippen LogP contribution in [0.4, 0.5) is 4.79 Å². The molecule has 0 aromatic heterocycles. The van der Waals surface area contributed by atoms with Gasteiger partial charge in [-0.3, -0.25) is 14.5 Å². The standard InChI is InChI=1S/C20H25ClN4O4/c1-3-25-15-12-24(10-8-16(26)22-9-11-29-2)19(27)17(15)18(23-20(25)28)13-6-4-5-7-14(13)21/h4-7,18H,3,8-12H2,1-2H3,(H,22,26)(H,23,28)/t18-/m0/s1. The molecule has 9 heteroatoms. The Hall–Kier alpha value is -2.58. The molecule has 2 N–H and O–H groups in total. The maximum atomic E-state index is 13.2. The van der Waals surface area contributed by atoms with Crippen LogP contribution in [0.25, 0.3) is 0 Å². The first-order chi connectivity index (χ1) is 14.0. The Morgan fingerprint density at radius 1 is 1.34 bits per heavy atom. The molecule has 2 heterocycles. The molecule has 2 aliphatic rings. The number of nitrogens with zero attached hydrogens (tertiary/aromatic N) is 2. The lowest BCUT2D eigenvalue weighted by molar-refractivity contribution is -0.127. The minimum Gasteiger partial charge on any atom is -0.383 e. The molecular formula is C20H25ClN4O4. The maximum Gasteiger partial charge on any atom is 0.322 e. The Morgan fingerprint density at radius 2 is 2.10 bits per heavy atom. The fraction of sp³-hybridized carbons (Fsp3) is 0.450. The molecule has 1 atom stereocenters. The molecule has 1 aromatic carbocycles. The number of carbonyl (C=O) groups excluding carboxylic acids is 3. The van der Waals surface area contributed by atoms with E-state index in [0.717, 1.165) is 0 Å². The highest BCUT2D eigenvalue weighted by Crippen LogP contribution is 2.38. The van der Waals surface area contributed by atoms with Gasteiger partial charge in [-0.15, -0.1) is 0 Å². The number of nitrogens with one attached hydrogen (secondary N) is 2. The number of likely N-dealkylation sites (N-methyl/N-ethyl adjacent to an activating group) is 1. The van der Waals surface area contributed by atoms with Crippen molar-refractivity contribution >= 4 is 29.4 Å². The van der Waals surface area contributed by atoms with E-state index < -0.39 is 6.04 Å². The van der Waals surface area contributed by atoms with Gasteiger partial charge in [0.1, 0.15) is 0 Å². The van der Waals surface area contributed by atoms with Crippen LogP contribution >= 0.6 is 11.6 Å². The van der Waals surface area contributed by atoms with Gasteiger partial charge in [-0.2, -0.15) is 0 Å². The van der Waals surface area contributed by atoms with Crippen LogP contribution in [0.1, 0.15) is 24.9 Å². The van der Waals surface area contributed by atoms with Crippen molar-refractivity contribution in [2.75, 3.05) is 39.9 Å². The third-order valence-corrected chi connectivity index (χ3v) is 5.41. The summed E-state index contributed by atoms with van der Waals surface area (Å²) in [6.07, 6.45) is 0.181. The van der Waals surface area contributed by atoms with Crippen molar-refractivity contribution in [2.45, 2.75) is 19.4 Å². The van der Waals surface area contributed by atoms with Crippen molar-refractivity contribution in [1.82, 2.24) is 20.4 Å². The summed E-state index contributed by atoms with van der Waals surface area (Å²) in [5.74, 6) is -0.336. The third-order valence-electron chi connectivity index (χ3n) is 5.07. The summed E-state index contributed by atoms with van der Waals surface area (Å²) in [6, 6.07) is 6.29. The minimum atomic E-state index is -0.609. The fourth-order valence-corrected chi connectivity index (χ4v) is 3.87. The number of hydrogen-bond donors (Lipinski definition) is 2. The topological polar surface area (TPSA) is 91.0 Å². The lowest BCUT2D eigenvalue weighted by Crippen LogP contribution is -2.47. The minimum absolute atomic E-state index is 0.149. The Labute approximate surface area is 174 Å². The molecular weight excluding hydrogens is 396 g/mol. The van der Waals surface area contributed by atoms with Gasteiger partial charge in [0.05, 0.1) is 30.5 Å². The molecule has 8 nitrogen and oxygen atoms in total. The van der Waals surface area contributed by atoms with Crippen LogP contribution in [0.2, 0.25) is 5.02 Å². The third kappa shape index (κ3) is 4.38. The van der Waals surface area contributed by atoms with Gasteiger partial charge in [-0.25, -0.2) is 4.79 Å². The Balaban J connectivity index is 1.79. The first-order valence-electron chi connectivity index (χ1n) is 9.58. The number of methoxy groups -OCH3 is 1. The van der Waals surface area contributed by atoms with Gasteiger partial charge in [0.2, 0.25) is 5.91 Å². The summed E-state index contributed by atoms with van der Waals surface area (Å²) < 4.78 is 4.91. The highest BCUT2D eigenvalue weighted by molar-refractivity contribution is 6.31. The molecule has 156 valence electrons. The molecule has 0 saturated carbocycles. The van der Waals surface area contributed by atoms with E-state index in [4.69, 9.17) is 16.3 Å². The van der Waals surface area contributed by atoms with Crippen LogP contribution in [0, 0.1) is 0 Å². The van der Waals surface area contributed by atoms with E-state index >= 15 is 0 Å². The molecule has 0 unspecified atom stereocenters. The van der Waals surface area contributed by atoms with Gasteiger partial charge >= 0.3 is 6.03 Å². The number of rotatable bonds is 8. The van der Waals surface area contributed by atoms with E-state index in [1.807, 2.05) is 13.0 Å². The van der Waals surface area contributed by atoms with Gasteiger partial charge < -0.3 is 20.3 Å². The molecule has 3 rings (SSSR count). The summed E-state index contributed by atoms with van der Waals surface area (Å²) in [5.41, 5.74) is 1.86. The van der Waals surface area contributed by atoms with Gasteiger partial charge in [-0.05, 0) is 18.6 Å². The number of hydrogen-bond acceptors (Lipinski definition) is 4. The molecule has 1 aromatic rings. The van der Waals surface area contributed by atoms with Crippen LogP contribution in [-0.2, 0) is 14.3 Å². The molecule has 0 spiro atoms. The van der Waals surface area contributed by atoms with Crippen molar-refractivity contribution in [1.29, 1.82) is 0 Å². The second-order valence-corrected chi connectivity index (χ2v) is 7.24. The Morgan fingerprint density at radius 3 is 2.79 bits per heavy atom. The second-order valence-electron chi connectivity index (χ2n) is 6.83. The summed E-state index contributed by atoms with van der Waals surface area (Å²) >= 11 is 6.34. The Kier molecular flexibility index (Phi) is 6.76. The number of halogens is 1. The van der Waals surface area contributed by atoms with E-state index in [-0.39, 0.29) is 30.8 Å². The van der Waals surface area contributed by atoms with Gasteiger partial charge in [0, 0.05) is 38.2 Å². The highest BCUT2D eigenvalue weighted by Gasteiger charge is 2.43. The monoisotopic (exact) mass is 420 g/mol. The second kappa shape index (κ2) is 9.28. The van der Waals surface area contributed by atoms with Crippen molar-refractivity contribution in [3.8, 4) is 0 Å². The predicted octanol–water partition coefficient (Wildman–Crippen LogP) is 1.68. The molecule has 4 amide bonds. The normalized spacial score (nSPS) is 18.8. The van der Waals surface area contributed by atoms with Crippen molar-refractivity contribution in [3.05, 3.63) is 46.1 Å². The zero-order chi connectivity index (χ0) is 21.0. The largest absolute Gasteiger partial charge is 0.383 e. The van der Waals surface area contributed by atoms with Gasteiger partial charge in [0.25, 0.3) is 5.91 Å². The van der Waals surface area contributed by atoms with Crippen molar-refractivity contribution < 1.29 is 19.1 Å². The lowest BCUT2D eigenvalue weighted by Gasteiger charge is -2.33. The average Bonchev–Trinajstić information content (AvgIpc) is 3.03. The fourth-order valence-electron chi connectivity index (χ4n) is 3.62. The van der Waals surface area contributed by atoms with Crippen LogP contribution in [0.5, 0.6) is 0 Å². The van der Waals surface area contributed by atoms with E-state index in [9.17, 15) is 14.4 Å². The van der Waals surface area contributed by atoms with Crippen LogP contribution < -0.4 is 10.6 Å². The Bertz CT molecular complexity index is 842. The molecule has 29 heavy (non-hydrogen) atoms. The molecule has 2 aliphatic heterocycles. The molecule has 0 saturated heterocycles. The summed E-state index contributed by atoms with van der Waals surface area (Å²) in [6.45, 7) is 3.72. The van der Waals surface area contributed by atoms with E-state index in [2.05, 4.69) is 10.6 Å². The summed E-state index contributed by atoms with van der Waals surface area (Å²) in [7, 11) is 1.56. The number of carbonyl (C=O) groups is 3. The van der Waals surface area contributed by atoms with Crippen molar-refractivity contribution in [3.63, 3.8) is 0 Å². The zero-order valence-corrected chi connectivity index (χ0v) is 17.3. The number of urea groups is 1. The SMILES string of the molecule is CCN1C(=O)N[C@@H](c2ccccc2Cl)C2=C1CN(CCC(=O)NCCOC)C2=O. The molecule has 0 bridgehead atoms. The first-order valence-corrected chi connectivity index (χ1v) is 9.96. The zero-order valence-electron chi connectivity index (χ0n) is 16.5. The molecule has 0 radical (unpaired) electrons. The van der Waals surface area contributed by atoms with Crippen molar-refractivity contribution in [2.24, 2.45) is 0 Å². The van der Waals surface area contributed by atoms with E-state index in [1.54, 1.807) is 35.1 Å². The average molecular weight is 421 g/mol. The lowest BCUT2D eigenvalue weighted by atomic mass is 9.95. The van der Waals surface area contributed by atoms with Crippen LogP contribution in [0.3, 0.4) is 0 Å². The van der Waals surface area contributed by atoms with E-state index in [1.165, 1.54) is 0 Å². The van der Waals surface area contributed by atoms with E-state index in [0.29, 0.717) is 48.1 Å².